The van der Waals surface area contributed by atoms with Crippen molar-refractivity contribution in [1.29, 1.82) is 0 Å². The molecule has 0 amide bonds. The van der Waals surface area contributed by atoms with E-state index in [2.05, 4.69) is 48.5 Å². The summed E-state index contributed by atoms with van der Waals surface area (Å²) in [6, 6.07) is 0. The lowest BCUT2D eigenvalue weighted by Crippen LogP contribution is -2.30. The van der Waals surface area contributed by atoms with E-state index in [1.165, 1.54) is 205 Å². The van der Waals surface area contributed by atoms with Gasteiger partial charge in [0.2, 0.25) is 0 Å². The zero-order chi connectivity index (χ0) is 71.6. The minimum absolute atomic E-state index is 0.104. The van der Waals surface area contributed by atoms with E-state index in [9.17, 15) is 43.2 Å². The van der Waals surface area contributed by atoms with Crippen LogP contribution in [0.5, 0.6) is 0 Å². The van der Waals surface area contributed by atoms with Gasteiger partial charge >= 0.3 is 39.5 Å². The fraction of sp³-hybridized carbons (Fsp3) is 0.949. The van der Waals surface area contributed by atoms with Crippen molar-refractivity contribution < 1.29 is 80.2 Å². The van der Waals surface area contributed by atoms with E-state index in [-0.39, 0.29) is 25.7 Å². The molecule has 0 aromatic rings. The number of hydrogen-bond acceptors (Lipinski definition) is 15. The molecule has 3 N–H and O–H groups in total. The predicted molar refractivity (Wildman–Crippen MR) is 395 cm³/mol. The summed E-state index contributed by atoms with van der Waals surface area (Å²) in [6.45, 7) is 11.8. The number of hydrogen-bond donors (Lipinski definition) is 3. The van der Waals surface area contributed by atoms with Crippen LogP contribution in [0.2, 0.25) is 0 Å². The monoisotopic (exact) mass is 1420 g/mol. The standard InChI is InChI=1S/C78H152O17P2/c1-8-9-10-11-12-13-14-15-16-17-18-19-20-21-22-23-26-32-39-47-54-61-77(82)94-73(65-88-75(80)59-52-45-38-31-27-24-25-29-35-42-49-56-69(2)3)67-92-96(84,85)90-63-72(79)64-91-97(86,87)93-68-74(66-89-76(81)60-53-46-41-34-37-44-51-58-71(6)7)95-78(83)62-55-48-40-33-28-30-36-43-50-57-70(4)5/h69-74,79H,8-68H2,1-7H3,(H,84,85)(H,86,87)/t72-,73-,74-/m1/s1. The van der Waals surface area contributed by atoms with Gasteiger partial charge in [0.15, 0.2) is 12.2 Å². The molecule has 0 radical (unpaired) electrons. The van der Waals surface area contributed by atoms with Gasteiger partial charge in [0, 0.05) is 25.7 Å². The van der Waals surface area contributed by atoms with Crippen LogP contribution in [0.1, 0.15) is 402 Å². The Kier molecular flexibility index (Phi) is 67.1. The summed E-state index contributed by atoms with van der Waals surface area (Å²) in [7, 11) is -9.91. The smallest absolute Gasteiger partial charge is 0.462 e. The lowest BCUT2D eigenvalue weighted by molar-refractivity contribution is -0.161. The third kappa shape index (κ3) is 72.2. The topological polar surface area (TPSA) is 237 Å². The fourth-order valence-electron chi connectivity index (χ4n) is 12.0. The molecule has 0 aromatic heterocycles. The molecule has 19 heteroatoms. The molecular weight excluding hydrogens is 1270 g/mol. The summed E-state index contributed by atoms with van der Waals surface area (Å²) in [4.78, 5) is 72.8. The number of ether oxygens (including phenoxy) is 4. The highest BCUT2D eigenvalue weighted by molar-refractivity contribution is 7.47. The molecule has 0 aliphatic carbocycles. The molecule has 0 aliphatic heterocycles. The Balaban J connectivity index is 5.21. The highest BCUT2D eigenvalue weighted by Gasteiger charge is 2.30. The molecule has 0 heterocycles. The molecule has 97 heavy (non-hydrogen) atoms. The summed E-state index contributed by atoms with van der Waals surface area (Å²) < 4.78 is 68.6. The molecule has 2 unspecified atom stereocenters. The van der Waals surface area contributed by atoms with Gasteiger partial charge < -0.3 is 33.8 Å². The Morgan fingerprint density at radius 2 is 0.474 bits per heavy atom. The Bertz CT molecular complexity index is 1890. The predicted octanol–water partition coefficient (Wildman–Crippen LogP) is 23.0. The highest BCUT2D eigenvalue weighted by atomic mass is 31.2. The van der Waals surface area contributed by atoms with Crippen LogP contribution >= 0.6 is 15.6 Å². The van der Waals surface area contributed by atoms with Crippen LogP contribution in [0, 0.1) is 17.8 Å². The van der Waals surface area contributed by atoms with Crippen molar-refractivity contribution in [3.63, 3.8) is 0 Å². The summed E-state index contributed by atoms with van der Waals surface area (Å²) >= 11 is 0. The van der Waals surface area contributed by atoms with E-state index in [4.69, 9.17) is 37.0 Å². The van der Waals surface area contributed by atoms with E-state index < -0.39 is 97.5 Å². The van der Waals surface area contributed by atoms with E-state index in [0.717, 1.165) is 108 Å². The first-order valence-electron chi connectivity index (χ1n) is 40.3. The molecule has 5 atom stereocenters. The number of rotatable bonds is 76. The Morgan fingerprint density at radius 3 is 0.701 bits per heavy atom. The van der Waals surface area contributed by atoms with Crippen molar-refractivity contribution in [3.05, 3.63) is 0 Å². The van der Waals surface area contributed by atoms with Crippen molar-refractivity contribution in [2.24, 2.45) is 17.8 Å². The number of phosphoric acid groups is 2. The number of carbonyl (C=O) groups excluding carboxylic acids is 4. The molecule has 17 nitrogen and oxygen atoms in total. The van der Waals surface area contributed by atoms with Crippen LogP contribution in [0.4, 0.5) is 0 Å². The van der Waals surface area contributed by atoms with Crippen LogP contribution in [0.25, 0.3) is 0 Å². The number of aliphatic hydroxyl groups is 1. The van der Waals surface area contributed by atoms with Gasteiger partial charge in [0.1, 0.15) is 19.3 Å². The van der Waals surface area contributed by atoms with Crippen molar-refractivity contribution >= 4 is 39.5 Å². The van der Waals surface area contributed by atoms with Gasteiger partial charge in [-0.15, -0.1) is 0 Å². The van der Waals surface area contributed by atoms with Gasteiger partial charge in [0.05, 0.1) is 26.4 Å². The Morgan fingerprint density at radius 1 is 0.278 bits per heavy atom. The average Bonchev–Trinajstić information content (AvgIpc) is 1.97. The number of phosphoric ester groups is 2. The summed E-state index contributed by atoms with van der Waals surface area (Å²) in [6.07, 6.45) is 55.7. The van der Waals surface area contributed by atoms with Crippen molar-refractivity contribution in [1.82, 2.24) is 0 Å². The van der Waals surface area contributed by atoms with Crippen LogP contribution in [0.3, 0.4) is 0 Å². The van der Waals surface area contributed by atoms with Gasteiger partial charge in [-0.1, -0.05) is 350 Å². The van der Waals surface area contributed by atoms with Crippen LogP contribution in [0.15, 0.2) is 0 Å². The molecule has 576 valence electrons. The molecule has 0 fully saturated rings. The summed E-state index contributed by atoms with van der Waals surface area (Å²) in [5.41, 5.74) is 0. The quantitative estimate of drug-likeness (QED) is 0.0222. The van der Waals surface area contributed by atoms with Gasteiger partial charge in [-0.25, -0.2) is 9.13 Å². The SMILES string of the molecule is CCCCCCCCCCCCCCCCCCCCCCCC(=O)O[C@H](COC(=O)CCCCCCCCCCCCCC(C)C)COP(=O)(O)OC[C@@H](O)COP(=O)(O)OC[C@@H](COC(=O)CCCCCCCCCC(C)C)OC(=O)CCCCCCCCCCCC(C)C. The van der Waals surface area contributed by atoms with Gasteiger partial charge in [-0.05, 0) is 43.4 Å². The molecule has 0 saturated heterocycles. The average molecular weight is 1420 g/mol. The van der Waals surface area contributed by atoms with Gasteiger partial charge in [-0.3, -0.25) is 37.3 Å². The maximum absolute atomic E-state index is 13.1. The first kappa shape index (κ1) is 95.1. The fourth-order valence-corrected chi connectivity index (χ4v) is 13.5. The van der Waals surface area contributed by atoms with E-state index >= 15 is 0 Å². The first-order valence-corrected chi connectivity index (χ1v) is 43.3. The number of carbonyl (C=O) groups is 4. The van der Waals surface area contributed by atoms with Crippen LogP contribution in [-0.2, 0) is 65.4 Å². The lowest BCUT2D eigenvalue weighted by Gasteiger charge is -2.21. The second kappa shape index (κ2) is 68.5. The highest BCUT2D eigenvalue weighted by Crippen LogP contribution is 2.45. The maximum atomic E-state index is 13.1. The molecule has 0 bridgehead atoms. The zero-order valence-corrected chi connectivity index (χ0v) is 65.3. The molecule has 0 aliphatic rings. The molecule has 0 saturated carbocycles. The van der Waals surface area contributed by atoms with E-state index in [1.807, 2.05) is 0 Å². The van der Waals surface area contributed by atoms with Crippen molar-refractivity contribution in [2.45, 2.75) is 420 Å². The number of esters is 4. The van der Waals surface area contributed by atoms with Crippen molar-refractivity contribution in [2.75, 3.05) is 39.6 Å². The Labute approximate surface area is 594 Å². The third-order valence-electron chi connectivity index (χ3n) is 18.1. The molecule has 0 aromatic carbocycles. The minimum atomic E-state index is -4.96. The lowest BCUT2D eigenvalue weighted by atomic mass is 10.0. The normalized spacial score (nSPS) is 14.0. The first-order chi connectivity index (χ1) is 46.7. The largest absolute Gasteiger partial charge is 0.472 e. The van der Waals surface area contributed by atoms with Crippen molar-refractivity contribution in [3.8, 4) is 0 Å². The number of unbranched alkanes of at least 4 members (excludes halogenated alkanes) is 44. The second-order valence-corrected chi connectivity index (χ2v) is 32.4. The summed E-state index contributed by atoms with van der Waals surface area (Å²) in [5.74, 6) is 0.0941. The van der Waals surface area contributed by atoms with Crippen LogP contribution in [-0.4, -0.2) is 96.7 Å². The number of aliphatic hydroxyl groups excluding tert-OH is 1. The van der Waals surface area contributed by atoms with Gasteiger partial charge in [0.25, 0.3) is 0 Å². The molecule has 0 rings (SSSR count). The minimum Gasteiger partial charge on any atom is -0.462 e. The van der Waals surface area contributed by atoms with E-state index in [1.54, 1.807) is 0 Å². The van der Waals surface area contributed by atoms with E-state index in [0.29, 0.717) is 31.6 Å². The maximum Gasteiger partial charge on any atom is 0.472 e. The molecular formula is C78H152O17P2. The molecule has 0 spiro atoms. The Hall–Kier alpha value is -1.94. The van der Waals surface area contributed by atoms with Gasteiger partial charge in [-0.2, -0.15) is 0 Å². The zero-order valence-electron chi connectivity index (χ0n) is 63.5. The second-order valence-electron chi connectivity index (χ2n) is 29.5. The summed E-state index contributed by atoms with van der Waals surface area (Å²) in [5, 5.41) is 10.6. The van der Waals surface area contributed by atoms with Crippen LogP contribution < -0.4 is 0 Å². The third-order valence-corrected chi connectivity index (χ3v) is 20.0.